The molecular weight excluding hydrogens is 288 g/mol. The maximum atomic E-state index is 11.6. The van der Waals surface area contributed by atoms with Gasteiger partial charge in [0.1, 0.15) is 11.9 Å². The van der Waals surface area contributed by atoms with E-state index in [0.717, 1.165) is 12.2 Å². The summed E-state index contributed by atoms with van der Waals surface area (Å²) < 4.78 is 7.16. The Balaban J connectivity index is 1.47. The van der Waals surface area contributed by atoms with Crippen molar-refractivity contribution < 1.29 is 4.74 Å². The van der Waals surface area contributed by atoms with Gasteiger partial charge < -0.3 is 10.1 Å². The highest BCUT2D eigenvalue weighted by Crippen LogP contribution is 2.28. The van der Waals surface area contributed by atoms with E-state index in [1.807, 2.05) is 18.2 Å². The zero-order valence-corrected chi connectivity index (χ0v) is 11.8. The van der Waals surface area contributed by atoms with Gasteiger partial charge in [0, 0.05) is 18.7 Å². The molecule has 3 aromatic rings. The predicted molar refractivity (Wildman–Crippen MR) is 80.2 cm³/mol. The molecule has 0 aliphatic carbocycles. The summed E-state index contributed by atoms with van der Waals surface area (Å²) >= 11 is 1.35. The molecular formula is C14H12N4O2S. The van der Waals surface area contributed by atoms with Crippen LogP contribution in [0.3, 0.4) is 0 Å². The van der Waals surface area contributed by atoms with E-state index in [1.54, 1.807) is 0 Å². The summed E-state index contributed by atoms with van der Waals surface area (Å²) in [6.07, 6.45) is 2.46. The number of rotatable bonds is 3. The van der Waals surface area contributed by atoms with Gasteiger partial charge in [0.25, 0.3) is 5.56 Å². The van der Waals surface area contributed by atoms with Gasteiger partial charge in [-0.05, 0) is 11.6 Å². The average molecular weight is 300 g/mol. The van der Waals surface area contributed by atoms with E-state index in [-0.39, 0.29) is 11.7 Å². The van der Waals surface area contributed by atoms with Crippen molar-refractivity contribution in [2.45, 2.75) is 12.5 Å². The smallest absolute Gasteiger partial charge is 0.275 e. The SMILES string of the molecule is O=c1ccnc2sc(NCC3Cc4ccccc4O3)nn12. The summed E-state index contributed by atoms with van der Waals surface area (Å²) in [7, 11) is 0. The molecule has 21 heavy (non-hydrogen) atoms. The van der Waals surface area contributed by atoms with Crippen molar-refractivity contribution in [1.82, 2.24) is 14.6 Å². The molecule has 0 spiro atoms. The first-order chi connectivity index (χ1) is 10.3. The summed E-state index contributed by atoms with van der Waals surface area (Å²) in [5, 5.41) is 8.11. The molecule has 1 aliphatic heterocycles. The second-order valence-corrected chi connectivity index (χ2v) is 5.77. The topological polar surface area (TPSA) is 68.5 Å². The molecule has 0 bridgehead atoms. The molecule has 2 aromatic heterocycles. The highest BCUT2D eigenvalue weighted by atomic mass is 32.1. The van der Waals surface area contributed by atoms with Crippen LogP contribution in [0.2, 0.25) is 0 Å². The van der Waals surface area contributed by atoms with Crippen LogP contribution in [0.4, 0.5) is 5.13 Å². The van der Waals surface area contributed by atoms with E-state index in [0.29, 0.717) is 16.6 Å². The van der Waals surface area contributed by atoms with Gasteiger partial charge in [-0.2, -0.15) is 4.52 Å². The van der Waals surface area contributed by atoms with E-state index in [9.17, 15) is 4.79 Å². The number of nitrogens with one attached hydrogen (secondary N) is 1. The largest absolute Gasteiger partial charge is 0.488 e. The van der Waals surface area contributed by atoms with Crippen LogP contribution in [0, 0.1) is 0 Å². The Labute approximate surface area is 124 Å². The third-order valence-electron chi connectivity index (χ3n) is 3.37. The minimum absolute atomic E-state index is 0.0825. The highest BCUT2D eigenvalue weighted by molar-refractivity contribution is 7.20. The Bertz CT molecular complexity index is 832. The van der Waals surface area contributed by atoms with Crippen molar-refractivity contribution >= 4 is 21.4 Å². The number of hydrogen-bond donors (Lipinski definition) is 1. The van der Waals surface area contributed by atoms with Crippen molar-refractivity contribution in [3.05, 3.63) is 52.4 Å². The zero-order chi connectivity index (χ0) is 14.2. The number of hydrogen-bond acceptors (Lipinski definition) is 6. The maximum Gasteiger partial charge on any atom is 0.275 e. The van der Waals surface area contributed by atoms with E-state index < -0.39 is 0 Å². The normalized spacial score (nSPS) is 16.7. The Morgan fingerprint density at radius 2 is 2.29 bits per heavy atom. The molecule has 1 aromatic carbocycles. The first-order valence-corrected chi connectivity index (χ1v) is 7.44. The third-order valence-corrected chi connectivity index (χ3v) is 4.25. The zero-order valence-electron chi connectivity index (χ0n) is 11.0. The molecule has 0 radical (unpaired) electrons. The van der Waals surface area contributed by atoms with Gasteiger partial charge in [0.05, 0.1) is 6.54 Å². The molecule has 1 aliphatic rings. The Kier molecular flexibility index (Phi) is 2.85. The molecule has 4 rings (SSSR count). The lowest BCUT2D eigenvalue weighted by Crippen LogP contribution is -2.24. The molecule has 0 saturated heterocycles. The fourth-order valence-corrected chi connectivity index (χ4v) is 3.17. The van der Waals surface area contributed by atoms with E-state index in [1.165, 1.54) is 33.7 Å². The highest BCUT2D eigenvalue weighted by Gasteiger charge is 2.22. The Morgan fingerprint density at radius 3 is 3.14 bits per heavy atom. The van der Waals surface area contributed by atoms with Crippen LogP contribution in [-0.2, 0) is 6.42 Å². The lowest BCUT2D eigenvalue weighted by Gasteiger charge is -2.10. The number of anilines is 1. The minimum Gasteiger partial charge on any atom is -0.488 e. The van der Waals surface area contributed by atoms with E-state index in [2.05, 4.69) is 21.5 Å². The predicted octanol–water partition coefficient (Wildman–Crippen LogP) is 1.57. The lowest BCUT2D eigenvalue weighted by molar-refractivity contribution is 0.246. The molecule has 6 nitrogen and oxygen atoms in total. The molecule has 7 heteroatoms. The fourth-order valence-electron chi connectivity index (χ4n) is 2.38. The molecule has 0 saturated carbocycles. The number of nitrogens with zero attached hydrogens (tertiary/aromatic N) is 3. The number of benzene rings is 1. The fraction of sp³-hybridized carbons (Fsp3) is 0.214. The van der Waals surface area contributed by atoms with Crippen molar-refractivity contribution in [2.24, 2.45) is 0 Å². The molecule has 1 N–H and O–H groups in total. The summed E-state index contributed by atoms with van der Waals surface area (Å²) in [5.74, 6) is 0.950. The molecule has 106 valence electrons. The van der Waals surface area contributed by atoms with Crippen molar-refractivity contribution in [1.29, 1.82) is 0 Å². The number of ether oxygens (including phenoxy) is 1. The van der Waals surface area contributed by atoms with E-state index >= 15 is 0 Å². The summed E-state index contributed by atoms with van der Waals surface area (Å²) in [4.78, 5) is 16.3. The standard InChI is InChI=1S/C14H12N4O2S/c19-12-5-6-15-14-18(12)17-13(21-14)16-8-10-7-9-3-1-2-4-11(9)20-10/h1-6,10H,7-8H2,(H,16,17). The first-order valence-electron chi connectivity index (χ1n) is 6.63. The number of fused-ring (bicyclic) bond motifs is 2. The average Bonchev–Trinajstić information content (AvgIpc) is 3.09. The quantitative estimate of drug-likeness (QED) is 0.795. The van der Waals surface area contributed by atoms with Crippen LogP contribution >= 0.6 is 11.3 Å². The van der Waals surface area contributed by atoms with Gasteiger partial charge in [-0.15, -0.1) is 5.10 Å². The Morgan fingerprint density at radius 1 is 1.38 bits per heavy atom. The summed E-state index contributed by atoms with van der Waals surface area (Å²) in [6, 6.07) is 9.45. The van der Waals surface area contributed by atoms with Crippen LogP contribution in [0.5, 0.6) is 5.75 Å². The van der Waals surface area contributed by atoms with Crippen LogP contribution in [0.15, 0.2) is 41.3 Å². The van der Waals surface area contributed by atoms with Gasteiger partial charge >= 0.3 is 0 Å². The summed E-state index contributed by atoms with van der Waals surface area (Å²) in [5.41, 5.74) is 1.06. The van der Waals surface area contributed by atoms with E-state index in [4.69, 9.17) is 4.74 Å². The van der Waals surface area contributed by atoms with Crippen molar-refractivity contribution in [2.75, 3.05) is 11.9 Å². The Hall–Kier alpha value is -2.41. The molecule has 1 atom stereocenters. The van der Waals surface area contributed by atoms with Gasteiger partial charge in [0.2, 0.25) is 10.1 Å². The molecule has 0 amide bonds. The monoisotopic (exact) mass is 300 g/mol. The minimum atomic E-state index is -0.172. The van der Waals surface area contributed by atoms with Crippen LogP contribution in [-0.4, -0.2) is 27.2 Å². The third kappa shape index (κ3) is 2.25. The van der Waals surface area contributed by atoms with Crippen LogP contribution in [0.1, 0.15) is 5.56 Å². The van der Waals surface area contributed by atoms with Gasteiger partial charge in [-0.3, -0.25) is 4.79 Å². The second kappa shape index (κ2) is 4.85. The number of para-hydroxylation sites is 1. The maximum absolute atomic E-state index is 11.6. The van der Waals surface area contributed by atoms with Crippen LogP contribution < -0.4 is 15.6 Å². The van der Waals surface area contributed by atoms with Crippen molar-refractivity contribution in [3.8, 4) is 5.75 Å². The molecule has 0 fully saturated rings. The second-order valence-electron chi connectivity index (χ2n) is 4.82. The molecule has 3 heterocycles. The summed E-state index contributed by atoms with van der Waals surface area (Å²) in [6.45, 7) is 0.642. The van der Waals surface area contributed by atoms with Crippen molar-refractivity contribution in [3.63, 3.8) is 0 Å². The van der Waals surface area contributed by atoms with Crippen LogP contribution in [0.25, 0.3) is 4.96 Å². The van der Waals surface area contributed by atoms with Gasteiger partial charge in [-0.25, -0.2) is 4.98 Å². The lowest BCUT2D eigenvalue weighted by atomic mass is 10.1. The molecule has 1 unspecified atom stereocenters. The van der Waals surface area contributed by atoms with Gasteiger partial charge in [-0.1, -0.05) is 29.5 Å². The number of aromatic nitrogens is 3. The first kappa shape index (κ1) is 12.3. The van der Waals surface area contributed by atoms with Gasteiger partial charge in [0.15, 0.2) is 0 Å².